The second-order valence-electron chi connectivity index (χ2n) is 2.34. The molecule has 0 radical (unpaired) electrons. The first-order valence-corrected chi connectivity index (χ1v) is 3.90. The lowest BCUT2D eigenvalue weighted by Crippen LogP contribution is -1.92. The van der Waals surface area contributed by atoms with E-state index in [1.165, 1.54) is 0 Å². The van der Waals surface area contributed by atoms with Crippen LogP contribution in [0.4, 0.5) is 0 Å². The lowest BCUT2D eigenvalue weighted by molar-refractivity contribution is 0.105. The Balaban J connectivity index is 2.78. The fraction of sp³-hybridized carbons (Fsp3) is 0. The van der Waals surface area contributed by atoms with Crippen LogP contribution in [-0.4, -0.2) is 5.78 Å². The molecule has 0 atom stereocenters. The van der Waals surface area contributed by atoms with Gasteiger partial charge in [-0.15, -0.1) is 6.42 Å². The topological polar surface area (TPSA) is 17.1 Å². The van der Waals surface area contributed by atoms with E-state index in [-0.39, 0.29) is 5.78 Å². The Labute approximate surface area is 83.1 Å². The van der Waals surface area contributed by atoms with Crippen LogP contribution in [0.15, 0.2) is 30.3 Å². The van der Waals surface area contributed by atoms with E-state index in [0.717, 1.165) is 0 Å². The molecular formula is C13H6O. The van der Waals surface area contributed by atoms with Gasteiger partial charge in [-0.3, -0.25) is 4.79 Å². The number of carbonyl (C=O) groups excluding carboxylic acids is 1. The Morgan fingerprint density at radius 3 is 2.43 bits per heavy atom. The maximum absolute atomic E-state index is 11.3. The molecule has 0 aliphatic carbocycles. The van der Waals surface area contributed by atoms with Crippen molar-refractivity contribution in [2.45, 2.75) is 0 Å². The van der Waals surface area contributed by atoms with Crippen LogP contribution in [0.25, 0.3) is 0 Å². The molecule has 1 aromatic rings. The molecule has 0 unspecified atom stereocenters. The van der Waals surface area contributed by atoms with Crippen LogP contribution in [0.1, 0.15) is 10.4 Å². The number of carbonyl (C=O) groups is 1. The zero-order valence-corrected chi connectivity index (χ0v) is 7.37. The fourth-order valence-electron chi connectivity index (χ4n) is 0.817. The molecule has 0 aromatic heterocycles. The monoisotopic (exact) mass is 178 g/mol. The molecule has 0 saturated carbocycles. The minimum Gasteiger partial charge on any atom is -0.279 e. The minimum atomic E-state index is -0.253. The van der Waals surface area contributed by atoms with E-state index < -0.39 is 0 Å². The number of benzene rings is 1. The van der Waals surface area contributed by atoms with Crippen LogP contribution in [-0.2, 0) is 0 Å². The SMILES string of the molecule is C#CC#CC#CC(=O)c1ccccc1. The van der Waals surface area contributed by atoms with E-state index in [2.05, 4.69) is 29.6 Å². The van der Waals surface area contributed by atoms with Gasteiger partial charge in [-0.05, 0) is 29.6 Å². The predicted octanol–water partition coefficient (Wildman–Crippen LogP) is 1.51. The maximum atomic E-state index is 11.3. The van der Waals surface area contributed by atoms with Crippen LogP contribution in [0.2, 0.25) is 0 Å². The van der Waals surface area contributed by atoms with Gasteiger partial charge in [-0.2, -0.15) is 0 Å². The van der Waals surface area contributed by atoms with Gasteiger partial charge in [-0.1, -0.05) is 30.3 Å². The Morgan fingerprint density at radius 1 is 1.07 bits per heavy atom. The highest BCUT2D eigenvalue weighted by molar-refractivity contribution is 6.09. The molecule has 14 heavy (non-hydrogen) atoms. The molecule has 64 valence electrons. The van der Waals surface area contributed by atoms with E-state index >= 15 is 0 Å². The first-order chi connectivity index (χ1) is 6.84. The largest absolute Gasteiger partial charge is 0.279 e. The van der Waals surface area contributed by atoms with Crippen LogP contribution in [0.3, 0.4) is 0 Å². The molecule has 0 spiro atoms. The molecule has 0 amide bonds. The average Bonchev–Trinajstić information content (AvgIpc) is 2.25. The Bertz CT molecular complexity index is 481. The van der Waals surface area contributed by atoms with Crippen molar-refractivity contribution in [3.63, 3.8) is 0 Å². The summed E-state index contributed by atoms with van der Waals surface area (Å²) < 4.78 is 0. The molecule has 0 saturated heterocycles. The lowest BCUT2D eigenvalue weighted by Gasteiger charge is -1.89. The second kappa shape index (κ2) is 5.26. The average molecular weight is 178 g/mol. The molecule has 0 heterocycles. The summed E-state index contributed by atoms with van der Waals surface area (Å²) in [6.07, 6.45) is 4.88. The van der Waals surface area contributed by atoms with Crippen LogP contribution >= 0.6 is 0 Å². The van der Waals surface area contributed by atoms with E-state index in [4.69, 9.17) is 6.42 Å². The van der Waals surface area contributed by atoms with Gasteiger partial charge < -0.3 is 0 Å². The standard InChI is InChI=1S/C13H6O/c1-2-3-4-8-11-13(14)12-9-6-5-7-10-12/h1,5-7,9-10H. The maximum Gasteiger partial charge on any atom is 0.236 e. The minimum absolute atomic E-state index is 0.253. The number of Topliss-reactive ketones (excluding diaryl/α,β-unsaturated/α-hetero) is 1. The number of ketones is 1. The summed E-state index contributed by atoms with van der Waals surface area (Å²) in [5.74, 6) is 11.3. The van der Waals surface area contributed by atoms with Crippen molar-refractivity contribution >= 4 is 5.78 Å². The third-order valence-electron chi connectivity index (χ3n) is 1.41. The van der Waals surface area contributed by atoms with E-state index in [0.29, 0.717) is 5.56 Å². The smallest absolute Gasteiger partial charge is 0.236 e. The van der Waals surface area contributed by atoms with Gasteiger partial charge in [0.05, 0.1) is 0 Å². The van der Waals surface area contributed by atoms with Crippen LogP contribution in [0, 0.1) is 36.0 Å². The molecule has 1 heteroatoms. The summed E-state index contributed by atoms with van der Waals surface area (Å²) in [4.78, 5) is 11.3. The summed E-state index contributed by atoms with van der Waals surface area (Å²) in [7, 11) is 0. The third kappa shape index (κ3) is 2.90. The van der Waals surface area contributed by atoms with Crippen molar-refractivity contribution in [1.29, 1.82) is 0 Å². The highest BCUT2D eigenvalue weighted by atomic mass is 16.1. The van der Waals surface area contributed by atoms with E-state index in [1.807, 2.05) is 6.07 Å². The quantitative estimate of drug-likeness (QED) is 0.362. The first kappa shape index (κ1) is 9.66. The molecule has 1 nitrogen and oxygen atoms in total. The normalized spacial score (nSPS) is 7.07. The van der Waals surface area contributed by atoms with Crippen LogP contribution in [0.5, 0.6) is 0 Å². The van der Waals surface area contributed by atoms with Gasteiger partial charge in [0.25, 0.3) is 0 Å². The number of terminal acetylenes is 1. The molecule has 0 bridgehead atoms. The van der Waals surface area contributed by atoms with Crippen molar-refractivity contribution in [2.75, 3.05) is 0 Å². The summed E-state index contributed by atoms with van der Waals surface area (Å²) in [5.41, 5.74) is 0.558. The van der Waals surface area contributed by atoms with Gasteiger partial charge in [0.2, 0.25) is 5.78 Å². The Hall–Kier alpha value is -2.43. The molecule has 0 aliphatic rings. The Morgan fingerprint density at radius 2 is 1.79 bits per heavy atom. The summed E-state index contributed by atoms with van der Waals surface area (Å²) in [6, 6.07) is 8.80. The van der Waals surface area contributed by atoms with Gasteiger partial charge in [-0.25, -0.2) is 0 Å². The number of hydrogen-bond donors (Lipinski definition) is 0. The molecule has 0 aliphatic heterocycles. The molecule has 1 rings (SSSR count). The summed E-state index contributed by atoms with van der Waals surface area (Å²) >= 11 is 0. The van der Waals surface area contributed by atoms with Crippen LogP contribution < -0.4 is 0 Å². The molecule has 1 aromatic carbocycles. The van der Waals surface area contributed by atoms with Crippen molar-refractivity contribution in [3.8, 4) is 36.0 Å². The summed E-state index contributed by atoms with van der Waals surface area (Å²) in [6.45, 7) is 0. The highest BCUT2D eigenvalue weighted by Crippen LogP contribution is 1.98. The summed E-state index contributed by atoms with van der Waals surface area (Å²) in [5, 5.41) is 0. The fourth-order valence-corrected chi connectivity index (χ4v) is 0.817. The predicted molar refractivity (Wildman–Crippen MR) is 55.2 cm³/mol. The molecule has 0 fully saturated rings. The highest BCUT2D eigenvalue weighted by Gasteiger charge is 1.97. The van der Waals surface area contributed by atoms with Gasteiger partial charge in [0, 0.05) is 5.56 Å². The van der Waals surface area contributed by atoms with Crippen molar-refractivity contribution in [1.82, 2.24) is 0 Å². The van der Waals surface area contributed by atoms with Crippen molar-refractivity contribution in [3.05, 3.63) is 35.9 Å². The lowest BCUT2D eigenvalue weighted by atomic mass is 10.1. The Kier molecular flexibility index (Phi) is 3.63. The molecule has 0 N–H and O–H groups in total. The van der Waals surface area contributed by atoms with Gasteiger partial charge >= 0.3 is 0 Å². The van der Waals surface area contributed by atoms with Crippen molar-refractivity contribution in [2.24, 2.45) is 0 Å². The second-order valence-corrected chi connectivity index (χ2v) is 2.34. The van der Waals surface area contributed by atoms with E-state index in [9.17, 15) is 4.79 Å². The number of rotatable bonds is 1. The van der Waals surface area contributed by atoms with Gasteiger partial charge in [0.1, 0.15) is 0 Å². The number of hydrogen-bond acceptors (Lipinski definition) is 1. The zero-order chi connectivity index (χ0) is 10.2. The zero-order valence-electron chi connectivity index (χ0n) is 7.37. The molecular weight excluding hydrogens is 172 g/mol. The third-order valence-corrected chi connectivity index (χ3v) is 1.41. The van der Waals surface area contributed by atoms with Crippen molar-refractivity contribution < 1.29 is 4.79 Å². The first-order valence-electron chi connectivity index (χ1n) is 3.90. The van der Waals surface area contributed by atoms with E-state index in [1.54, 1.807) is 24.3 Å². The van der Waals surface area contributed by atoms with Gasteiger partial charge in [0.15, 0.2) is 0 Å².